The maximum Gasteiger partial charge on any atom is 0.267 e. The van der Waals surface area contributed by atoms with Crippen LogP contribution in [0.25, 0.3) is 11.7 Å². The quantitative estimate of drug-likeness (QED) is 0.499. The van der Waals surface area contributed by atoms with E-state index in [1.54, 1.807) is 23.2 Å². The van der Waals surface area contributed by atoms with Gasteiger partial charge in [0.2, 0.25) is 0 Å². The number of carbonyl (C=O) groups excluding carboxylic acids is 1. The second kappa shape index (κ2) is 9.28. The van der Waals surface area contributed by atoms with Gasteiger partial charge in [-0.2, -0.15) is 0 Å². The first-order valence-electron chi connectivity index (χ1n) is 9.91. The lowest BCUT2D eigenvalue weighted by molar-refractivity contribution is -0.122. The molecule has 0 unspecified atom stereocenters. The fourth-order valence-electron chi connectivity index (χ4n) is 3.18. The number of nitrogens with one attached hydrogen (secondary N) is 1. The van der Waals surface area contributed by atoms with Gasteiger partial charge in [-0.15, -0.1) is 0 Å². The van der Waals surface area contributed by atoms with Crippen LogP contribution >= 0.6 is 24.0 Å². The number of carbonyl (C=O) groups is 1. The molecule has 3 heterocycles. The van der Waals surface area contributed by atoms with E-state index in [4.69, 9.17) is 12.2 Å². The predicted molar refractivity (Wildman–Crippen MR) is 126 cm³/mol. The van der Waals surface area contributed by atoms with Gasteiger partial charge in [0.25, 0.3) is 11.5 Å². The number of nitrogens with zero attached hydrogens (tertiary/aromatic N) is 3. The van der Waals surface area contributed by atoms with Crippen LogP contribution in [-0.2, 0) is 4.79 Å². The van der Waals surface area contributed by atoms with Crippen LogP contribution in [0.5, 0.6) is 0 Å². The largest absolute Gasteiger partial charge is 0.394 e. The molecule has 2 aromatic rings. The lowest BCUT2D eigenvalue weighted by atomic mass is 10.2. The second-order valence-electron chi connectivity index (χ2n) is 7.68. The first-order valence-corrected chi connectivity index (χ1v) is 11.1. The van der Waals surface area contributed by atoms with E-state index in [0.29, 0.717) is 33.7 Å². The van der Waals surface area contributed by atoms with Gasteiger partial charge in [-0.05, 0) is 37.0 Å². The van der Waals surface area contributed by atoms with Crippen LogP contribution in [0.2, 0.25) is 0 Å². The Bertz CT molecular complexity index is 1070. The molecule has 0 bridgehead atoms. The molecule has 2 N–H and O–H groups in total. The van der Waals surface area contributed by atoms with E-state index >= 15 is 0 Å². The number of aromatic nitrogens is 2. The lowest BCUT2D eigenvalue weighted by Gasteiger charge is -2.18. The minimum absolute atomic E-state index is 0.0960. The van der Waals surface area contributed by atoms with Crippen molar-refractivity contribution in [2.45, 2.75) is 40.2 Å². The summed E-state index contributed by atoms with van der Waals surface area (Å²) in [5.41, 5.74) is 1.37. The predicted octanol–water partition coefficient (Wildman–Crippen LogP) is 3.04. The van der Waals surface area contributed by atoms with Gasteiger partial charge < -0.3 is 10.4 Å². The molecule has 0 radical (unpaired) electrons. The Hall–Kier alpha value is -2.23. The number of aryl methyl sites for hydroxylation is 1. The van der Waals surface area contributed by atoms with Crippen LogP contribution < -0.4 is 10.9 Å². The molecule has 0 saturated carbocycles. The number of amides is 1. The van der Waals surface area contributed by atoms with Crippen LogP contribution in [0.4, 0.5) is 5.82 Å². The first kappa shape index (κ1) is 22.5. The smallest absolute Gasteiger partial charge is 0.267 e. The number of thioether (sulfide) groups is 1. The van der Waals surface area contributed by atoms with Crippen molar-refractivity contribution in [2.24, 2.45) is 5.92 Å². The molecule has 0 spiro atoms. The van der Waals surface area contributed by atoms with Crippen molar-refractivity contribution in [1.29, 1.82) is 0 Å². The lowest BCUT2D eigenvalue weighted by Crippen LogP contribution is -2.31. The van der Waals surface area contributed by atoms with E-state index in [2.05, 4.69) is 10.3 Å². The highest BCUT2D eigenvalue weighted by molar-refractivity contribution is 8.26. The number of pyridine rings is 1. The van der Waals surface area contributed by atoms with Crippen molar-refractivity contribution >= 4 is 51.7 Å². The van der Waals surface area contributed by atoms with Gasteiger partial charge in [0.1, 0.15) is 15.8 Å². The highest BCUT2D eigenvalue weighted by Crippen LogP contribution is 2.33. The summed E-state index contributed by atoms with van der Waals surface area (Å²) in [5, 5.41) is 12.8. The summed E-state index contributed by atoms with van der Waals surface area (Å²) in [5.74, 6) is 0.423. The Morgan fingerprint density at radius 2 is 2.10 bits per heavy atom. The molecule has 7 nitrogen and oxygen atoms in total. The Morgan fingerprint density at radius 1 is 1.37 bits per heavy atom. The summed E-state index contributed by atoms with van der Waals surface area (Å²) >= 11 is 6.57. The minimum Gasteiger partial charge on any atom is -0.394 e. The molecule has 0 aromatic carbocycles. The summed E-state index contributed by atoms with van der Waals surface area (Å²) in [4.78, 5) is 32.8. The van der Waals surface area contributed by atoms with Gasteiger partial charge in [0.05, 0.1) is 23.1 Å². The molecule has 2 aromatic heterocycles. The van der Waals surface area contributed by atoms with Crippen LogP contribution in [0.1, 0.15) is 38.3 Å². The SMILES string of the molecule is CC[C@@H](CO)Nc1nc2c(C)cccn2c(=O)c1/C=C1/SC(=S)N(CC(C)C)C1=O. The third-order valence-electron chi connectivity index (χ3n) is 4.84. The molecular weight excluding hydrogens is 420 g/mol. The maximum atomic E-state index is 13.3. The highest BCUT2D eigenvalue weighted by Gasteiger charge is 2.33. The highest BCUT2D eigenvalue weighted by atomic mass is 32.2. The van der Waals surface area contributed by atoms with Crippen molar-refractivity contribution in [2.75, 3.05) is 18.5 Å². The fraction of sp³-hybridized carbons (Fsp3) is 0.429. The molecule has 160 valence electrons. The number of aliphatic hydroxyl groups is 1. The second-order valence-corrected chi connectivity index (χ2v) is 9.36. The zero-order chi connectivity index (χ0) is 22.0. The van der Waals surface area contributed by atoms with Gasteiger partial charge in [-0.1, -0.05) is 50.8 Å². The molecule has 3 rings (SSSR count). The first-order chi connectivity index (χ1) is 14.3. The Labute approximate surface area is 185 Å². The van der Waals surface area contributed by atoms with E-state index in [1.165, 1.54) is 16.2 Å². The number of hydrogen-bond acceptors (Lipinski definition) is 7. The normalized spacial score (nSPS) is 16.9. The Kier molecular flexibility index (Phi) is 6.95. The van der Waals surface area contributed by atoms with E-state index < -0.39 is 0 Å². The molecule has 9 heteroatoms. The summed E-state index contributed by atoms with van der Waals surface area (Å²) in [6, 6.07) is 3.41. The molecule has 1 aliphatic heterocycles. The number of fused-ring (bicyclic) bond motifs is 1. The molecule has 1 fully saturated rings. The van der Waals surface area contributed by atoms with Gasteiger partial charge in [0.15, 0.2) is 0 Å². The average molecular weight is 447 g/mol. The maximum absolute atomic E-state index is 13.3. The van der Waals surface area contributed by atoms with Gasteiger partial charge in [-0.25, -0.2) is 4.98 Å². The Balaban J connectivity index is 2.15. The van der Waals surface area contributed by atoms with E-state index in [-0.39, 0.29) is 35.6 Å². The third kappa shape index (κ3) is 4.43. The standard InChI is InChI=1S/C21H26N4O3S2/c1-5-14(11-26)22-17-15(19(27)24-8-6-7-13(4)18(24)23-17)9-16-20(28)25(10-12(2)3)21(29)30-16/h6-9,12,14,22,26H,5,10-11H2,1-4H3/b16-9+/t14-/m0/s1. The fourth-order valence-corrected chi connectivity index (χ4v) is 4.43. The summed E-state index contributed by atoms with van der Waals surface area (Å²) < 4.78 is 1.96. The third-order valence-corrected chi connectivity index (χ3v) is 6.21. The van der Waals surface area contributed by atoms with Gasteiger partial charge >= 0.3 is 0 Å². The zero-order valence-corrected chi connectivity index (χ0v) is 19.1. The Morgan fingerprint density at radius 3 is 2.73 bits per heavy atom. The van der Waals surface area contributed by atoms with Crippen molar-refractivity contribution in [1.82, 2.24) is 14.3 Å². The van der Waals surface area contributed by atoms with Crippen molar-refractivity contribution in [3.8, 4) is 0 Å². The van der Waals surface area contributed by atoms with E-state index in [1.807, 2.05) is 33.8 Å². The molecule has 1 amide bonds. The topological polar surface area (TPSA) is 86.9 Å². The molecule has 1 aliphatic rings. The average Bonchev–Trinajstić information content (AvgIpc) is 2.96. The number of hydrogen-bond donors (Lipinski definition) is 2. The molecule has 1 saturated heterocycles. The summed E-state index contributed by atoms with van der Waals surface area (Å²) in [6.07, 6.45) is 3.88. The van der Waals surface area contributed by atoms with Crippen molar-refractivity contribution in [3.05, 3.63) is 44.7 Å². The van der Waals surface area contributed by atoms with Crippen LogP contribution in [0.15, 0.2) is 28.0 Å². The van der Waals surface area contributed by atoms with Gasteiger partial charge in [-0.3, -0.25) is 18.9 Å². The molecular formula is C21H26N4O3S2. The molecule has 30 heavy (non-hydrogen) atoms. The van der Waals surface area contributed by atoms with Crippen molar-refractivity contribution in [3.63, 3.8) is 0 Å². The summed E-state index contributed by atoms with van der Waals surface area (Å²) in [6.45, 7) is 8.29. The molecule has 0 aliphatic carbocycles. The molecule has 1 atom stereocenters. The monoisotopic (exact) mass is 446 g/mol. The number of anilines is 1. The number of rotatable bonds is 7. The zero-order valence-electron chi connectivity index (χ0n) is 17.5. The number of thiocarbonyl (C=S) groups is 1. The van der Waals surface area contributed by atoms with Crippen LogP contribution in [0, 0.1) is 12.8 Å². The van der Waals surface area contributed by atoms with Gasteiger partial charge in [0, 0.05) is 12.7 Å². The van der Waals surface area contributed by atoms with Crippen molar-refractivity contribution < 1.29 is 9.90 Å². The van der Waals surface area contributed by atoms with E-state index in [9.17, 15) is 14.7 Å². The van der Waals surface area contributed by atoms with E-state index in [0.717, 1.165) is 5.56 Å². The van der Waals surface area contributed by atoms with Crippen LogP contribution in [-0.4, -0.2) is 48.8 Å². The number of aliphatic hydroxyl groups excluding tert-OH is 1. The minimum atomic E-state index is -0.284. The summed E-state index contributed by atoms with van der Waals surface area (Å²) in [7, 11) is 0. The van der Waals surface area contributed by atoms with Crippen LogP contribution in [0.3, 0.4) is 0 Å².